The van der Waals surface area contributed by atoms with E-state index in [1.807, 2.05) is 0 Å². The number of carbonyl (C=O) groups is 2. The van der Waals surface area contributed by atoms with E-state index in [1.54, 1.807) is 0 Å². The zero-order valence-corrected chi connectivity index (χ0v) is 13.6. The summed E-state index contributed by atoms with van der Waals surface area (Å²) in [5.41, 5.74) is 5.07. The first-order valence-corrected chi connectivity index (χ1v) is 8.39. The van der Waals surface area contributed by atoms with E-state index < -0.39 is 0 Å². The normalized spacial score (nSPS) is 10.6. The van der Waals surface area contributed by atoms with Crippen LogP contribution in [0.25, 0.3) is 0 Å². The largest absolute Gasteiger partial charge is 0.395 e. The summed E-state index contributed by atoms with van der Waals surface area (Å²) in [5.74, 6) is -0.212. The van der Waals surface area contributed by atoms with Crippen LogP contribution in [-0.4, -0.2) is 53.2 Å². The lowest BCUT2D eigenvalue weighted by molar-refractivity contribution is -0.132. The van der Waals surface area contributed by atoms with Crippen molar-refractivity contribution in [2.45, 2.75) is 64.2 Å². The van der Waals surface area contributed by atoms with Gasteiger partial charge in [0.15, 0.2) is 0 Å². The number of unbranched alkanes of at least 4 members (excludes halogenated alkanes) is 7. The number of primary amides is 1. The number of aliphatic hydroxyl groups excluding tert-OH is 2. The Kier molecular flexibility index (Phi) is 14.0. The van der Waals surface area contributed by atoms with Crippen LogP contribution in [0.15, 0.2) is 0 Å². The zero-order chi connectivity index (χ0) is 16.6. The van der Waals surface area contributed by atoms with Crippen molar-refractivity contribution in [2.24, 2.45) is 5.73 Å². The van der Waals surface area contributed by atoms with Crippen molar-refractivity contribution in [1.82, 2.24) is 4.90 Å². The molecule has 0 fully saturated rings. The van der Waals surface area contributed by atoms with Gasteiger partial charge in [-0.25, -0.2) is 0 Å². The minimum Gasteiger partial charge on any atom is -0.395 e. The molecule has 0 aliphatic carbocycles. The number of hydrogen-bond donors (Lipinski definition) is 3. The molecule has 0 aliphatic rings. The van der Waals surface area contributed by atoms with Crippen LogP contribution in [0.2, 0.25) is 0 Å². The number of carbonyl (C=O) groups excluding carboxylic acids is 2. The highest BCUT2D eigenvalue weighted by molar-refractivity contribution is 5.76. The van der Waals surface area contributed by atoms with E-state index in [0.29, 0.717) is 25.9 Å². The SMILES string of the molecule is NC(=O)CCCCCCCCCCC(=O)N(CCO)CCO. The lowest BCUT2D eigenvalue weighted by Crippen LogP contribution is -2.35. The van der Waals surface area contributed by atoms with Crippen LogP contribution in [0.4, 0.5) is 0 Å². The Morgan fingerprint density at radius 3 is 1.55 bits per heavy atom. The van der Waals surface area contributed by atoms with E-state index in [9.17, 15) is 9.59 Å². The van der Waals surface area contributed by atoms with Gasteiger partial charge < -0.3 is 20.8 Å². The van der Waals surface area contributed by atoms with Crippen molar-refractivity contribution in [1.29, 1.82) is 0 Å². The Balaban J connectivity index is 3.44. The number of amides is 2. The third-order valence-electron chi connectivity index (χ3n) is 3.66. The topological polar surface area (TPSA) is 104 Å². The van der Waals surface area contributed by atoms with Crippen LogP contribution in [0, 0.1) is 0 Å². The molecule has 0 rings (SSSR count). The number of rotatable bonds is 15. The predicted molar refractivity (Wildman–Crippen MR) is 86.1 cm³/mol. The third-order valence-corrected chi connectivity index (χ3v) is 3.66. The van der Waals surface area contributed by atoms with Gasteiger partial charge in [-0.1, -0.05) is 38.5 Å². The fourth-order valence-electron chi connectivity index (χ4n) is 2.40. The maximum Gasteiger partial charge on any atom is 0.222 e. The van der Waals surface area contributed by atoms with Crippen molar-refractivity contribution in [3.05, 3.63) is 0 Å². The van der Waals surface area contributed by atoms with E-state index in [1.165, 1.54) is 4.90 Å². The lowest BCUT2D eigenvalue weighted by Gasteiger charge is -2.20. The molecule has 0 radical (unpaired) electrons. The van der Waals surface area contributed by atoms with Gasteiger partial charge in [0, 0.05) is 25.9 Å². The summed E-state index contributed by atoms with van der Waals surface area (Å²) in [7, 11) is 0. The Hall–Kier alpha value is -1.14. The summed E-state index contributed by atoms with van der Waals surface area (Å²) in [6, 6.07) is 0. The van der Waals surface area contributed by atoms with Gasteiger partial charge in [-0.3, -0.25) is 9.59 Å². The van der Waals surface area contributed by atoms with Gasteiger partial charge in [-0.05, 0) is 12.8 Å². The van der Waals surface area contributed by atoms with E-state index in [2.05, 4.69) is 0 Å². The van der Waals surface area contributed by atoms with E-state index in [-0.39, 0.29) is 25.0 Å². The average molecular weight is 316 g/mol. The molecule has 4 N–H and O–H groups in total. The molecule has 0 spiro atoms. The Labute approximate surface area is 133 Å². The van der Waals surface area contributed by atoms with Crippen molar-refractivity contribution in [3.63, 3.8) is 0 Å². The van der Waals surface area contributed by atoms with E-state index in [0.717, 1.165) is 51.4 Å². The van der Waals surface area contributed by atoms with Gasteiger partial charge in [-0.15, -0.1) is 0 Å². The number of nitrogens with zero attached hydrogens (tertiary/aromatic N) is 1. The van der Waals surface area contributed by atoms with Crippen LogP contribution >= 0.6 is 0 Å². The van der Waals surface area contributed by atoms with E-state index in [4.69, 9.17) is 15.9 Å². The summed E-state index contributed by atoms with van der Waals surface area (Å²) in [5, 5.41) is 17.7. The first-order valence-electron chi connectivity index (χ1n) is 8.39. The van der Waals surface area contributed by atoms with Crippen LogP contribution in [0.5, 0.6) is 0 Å². The molecular weight excluding hydrogens is 284 g/mol. The van der Waals surface area contributed by atoms with Gasteiger partial charge >= 0.3 is 0 Å². The Morgan fingerprint density at radius 2 is 1.14 bits per heavy atom. The molecule has 0 aromatic rings. The standard InChI is InChI=1S/C16H32N2O4/c17-15(21)9-7-5-3-1-2-4-6-8-10-16(22)18(11-13-19)12-14-20/h19-20H,1-14H2,(H2,17,21). The number of hydrogen-bond acceptors (Lipinski definition) is 4. The highest BCUT2D eigenvalue weighted by Crippen LogP contribution is 2.11. The lowest BCUT2D eigenvalue weighted by atomic mass is 10.1. The predicted octanol–water partition coefficient (Wildman–Crippen LogP) is 1.19. The third kappa shape index (κ3) is 12.6. The van der Waals surface area contributed by atoms with Crippen molar-refractivity contribution in [3.8, 4) is 0 Å². The first kappa shape index (κ1) is 20.9. The van der Waals surface area contributed by atoms with Crippen molar-refractivity contribution >= 4 is 11.8 Å². The van der Waals surface area contributed by atoms with E-state index >= 15 is 0 Å². The molecule has 0 heterocycles. The molecule has 0 aliphatic heterocycles. The van der Waals surface area contributed by atoms with Gasteiger partial charge in [0.05, 0.1) is 13.2 Å². The van der Waals surface area contributed by atoms with Crippen LogP contribution < -0.4 is 5.73 Å². The highest BCUT2D eigenvalue weighted by Gasteiger charge is 2.11. The van der Waals surface area contributed by atoms with Crippen molar-refractivity contribution in [2.75, 3.05) is 26.3 Å². The fraction of sp³-hybridized carbons (Fsp3) is 0.875. The number of aliphatic hydroxyl groups is 2. The molecule has 0 aromatic carbocycles. The smallest absolute Gasteiger partial charge is 0.222 e. The summed E-state index contributed by atoms with van der Waals surface area (Å²) in [4.78, 5) is 23.9. The summed E-state index contributed by atoms with van der Waals surface area (Å²) < 4.78 is 0. The first-order chi connectivity index (χ1) is 10.6. The van der Waals surface area contributed by atoms with Crippen LogP contribution in [0.1, 0.15) is 64.2 Å². The highest BCUT2D eigenvalue weighted by atomic mass is 16.3. The molecule has 6 nitrogen and oxygen atoms in total. The molecule has 0 unspecified atom stereocenters. The second kappa shape index (κ2) is 14.8. The molecule has 130 valence electrons. The van der Waals surface area contributed by atoms with Crippen molar-refractivity contribution < 1.29 is 19.8 Å². The fourth-order valence-corrected chi connectivity index (χ4v) is 2.40. The Bertz CT molecular complexity index is 292. The molecule has 0 saturated carbocycles. The maximum atomic E-state index is 11.9. The summed E-state index contributed by atoms with van der Waals surface area (Å²) >= 11 is 0. The minimum atomic E-state index is -0.221. The maximum absolute atomic E-state index is 11.9. The van der Waals surface area contributed by atoms with Crippen LogP contribution in [-0.2, 0) is 9.59 Å². The molecule has 2 amide bonds. The molecule has 0 aromatic heterocycles. The molecule has 0 bridgehead atoms. The molecular formula is C16H32N2O4. The molecule has 6 heteroatoms. The van der Waals surface area contributed by atoms with Gasteiger partial charge in [0.25, 0.3) is 0 Å². The zero-order valence-electron chi connectivity index (χ0n) is 13.6. The second-order valence-electron chi connectivity index (χ2n) is 5.62. The number of nitrogens with two attached hydrogens (primary N) is 1. The van der Waals surface area contributed by atoms with Gasteiger partial charge in [0.2, 0.25) is 11.8 Å². The molecule has 0 atom stereocenters. The van der Waals surface area contributed by atoms with Gasteiger partial charge in [0.1, 0.15) is 0 Å². The summed E-state index contributed by atoms with van der Waals surface area (Å²) in [6.45, 7) is 0.457. The molecule has 22 heavy (non-hydrogen) atoms. The molecule has 0 saturated heterocycles. The van der Waals surface area contributed by atoms with Gasteiger partial charge in [-0.2, -0.15) is 0 Å². The summed E-state index contributed by atoms with van der Waals surface area (Å²) in [6.07, 6.45) is 9.35. The Morgan fingerprint density at radius 1 is 0.727 bits per heavy atom. The minimum absolute atomic E-state index is 0.00884. The average Bonchev–Trinajstić information content (AvgIpc) is 2.48. The quantitative estimate of drug-likeness (QED) is 0.395. The van der Waals surface area contributed by atoms with Crippen LogP contribution in [0.3, 0.4) is 0 Å². The second-order valence-corrected chi connectivity index (χ2v) is 5.62. The monoisotopic (exact) mass is 316 g/mol.